The van der Waals surface area contributed by atoms with Crippen LogP contribution in [0.25, 0.3) is 11.3 Å². The first-order valence-electron chi connectivity index (χ1n) is 8.32. The summed E-state index contributed by atoms with van der Waals surface area (Å²) in [6, 6.07) is 17.4. The highest BCUT2D eigenvalue weighted by Crippen LogP contribution is 2.24. The number of furan rings is 1. The van der Waals surface area contributed by atoms with Crippen molar-refractivity contribution in [2.24, 2.45) is 0 Å². The van der Waals surface area contributed by atoms with Crippen molar-refractivity contribution in [1.29, 1.82) is 0 Å². The normalized spacial score (nSPS) is 10.6. The van der Waals surface area contributed by atoms with Crippen LogP contribution in [0.3, 0.4) is 0 Å². The van der Waals surface area contributed by atoms with Gasteiger partial charge in [-0.05, 0) is 61.4 Å². The zero-order valence-corrected chi connectivity index (χ0v) is 16.3. The Labute approximate surface area is 161 Å². The third-order valence-corrected chi connectivity index (χ3v) is 4.63. The SMILES string of the molecule is Cc1ccc(OCC(=O)NCc2ccc(-c3ccc(Br)cc3)o2)cc1C. The Hall–Kier alpha value is -2.53. The highest BCUT2D eigenvalue weighted by molar-refractivity contribution is 9.10. The Morgan fingerprint density at radius 2 is 1.81 bits per heavy atom. The van der Waals surface area contributed by atoms with Gasteiger partial charge in [0.1, 0.15) is 17.3 Å². The predicted molar refractivity (Wildman–Crippen MR) is 105 cm³/mol. The first kappa shape index (κ1) is 18.3. The molecule has 0 aliphatic carbocycles. The summed E-state index contributed by atoms with van der Waals surface area (Å²) in [6.45, 7) is 4.36. The van der Waals surface area contributed by atoms with Crippen LogP contribution in [-0.4, -0.2) is 12.5 Å². The molecular formula is C21H20BrNO3. The maximum absolute atomic E-state index is 12.0. The number of carbonyl (C=O) groups is 1. The molecule has 1 aromatic heterocycles. The largest absolute Gasteiger partial charge is 0.484 e. The molecule has 0 spiro atoms. The van der Waals surface area contributed by atoms with Crippen molar-refractivity contribution in [2.45, 2.75) is 20.4 Å². The van der Waals surface area contributed by atoms with Gasteiger partial charge in [-0.15, -0.1) is 0 Å². The van der Waals surface area contributed by atoms with Crippen molar-refractivity contribution in [3.8, 4) is 17.1 Å². The van der Waals surface area contributed by atoms with Gasteiger partial charge in [0.2, 0.25) is 0 Å². The molecule has 0 fully saturated rings. The second-order valence-corrected chi connectivity index (χ2v) is 7.00. The minimum absolute atomic E-state index is 0.0250. The van der Waals surface area contributed by atoms with Crippen LogP contribution < -0.4 is 10.1 Å². The molecule has 2 aromatic carbocycles. The van der Waals surface area contributed by atoms with Gasteiger partial charge in [-0.3, -0.25) is 4.79 Å². The molecule has 0 aliphatic rings. The summed E-state index contributed by atoms with van der Waals surface area (Å²) in [6.07, 6.45) is 0. The van der Waals surface area contributed by atoms with Crippen molar-refractivity contribution in [3.63, 3.8) is 0 Å². The lowest BCUT2D eigenvalue weighted by Crippen LogP contribution is -2.28. The van der Waals surface area contributed by atoms with E-state index in [4.69, 9.17) is 9.15 Å². The zero-order valence-electron chi connectivity index (χ0n) is 14.7. The Morgan fingerprint density at radius 1 is 1.04 bits per heavy atom. The number of amides is 1. The second kappa shape index (κ2) is 8.23. The summed E-state index contributed by atoms with van der Waals surface area (Å²) in [7, 11) is 0. The van der Waals surface area contributed by atoms with E-state index < -0.39 is 0 Å². The number of benzene rings is 2. The van der Waals surface area contributed by atoms with Gasteiger partial charge in [-0.25, -0.2) is 0 Å². The molecule has 1 N–H and O–H groups in total. The minimum Gasteiger partial charge on any atom is -0.484 e. The maximum Gasteiger partial charge on any atom is 0.258 e. The standard InChI is InChI=1S/C21H20BrNO3/c1-14-3-8-18(11-15(14)2)25-13-21(24)23-12-19-9-10-20(26-19)16-4-6-17(22)7-5-16/h3-11H,12-13H2,1-2H3,(H,23,24). The molecule has 26 heavy (non-hydrogen) atoms. The number of nitrogens with one attached hydrogen (secondary N) is 1. The van der Waals surface area contributed by atoms with Crippen molar-refractivity contribution in [3.05, 3.63) is 76.0 Å². The molecule has 0 saturated carbocycles. The zero-order chi connectivity index (χ0) is 18.5. The highest BCUT2D eigenvalue weighted by atomic mass is 79.9. The fraction of sp³-hybridized carbons (Fsp3) is 0.190. The molecule has 3 aromatic rings. The topological polar surface area (TPSA) is 51.5 Å². The van der Waals surface area contributed by atoms with Gasteiger partial charge >= 0.3 is 0 Å². The van der Waals surface area contributed by atoms with Gasteiger partial charge < -0.3 is 14.5 Å². The van der Waals surface area contributed by atoms with Gasteiger partial charge in [0, 0.05) is 10.0 Å². The van der Waals surface area contributed by atoms with E-state index in [1.165, 1.54) is 5.56 Å². The lowest BCUT2D eigenvalue weighted by molar-refractivity contribution is -0.123. The van der Waals surface area contributed by atoms with Crippen LogP contribution in [-0.2, 0) is 11.3 Å². The van der Waals surface area contributed by atoms with Crippen LogP contribution >= 0.6 is 15.9 Å². The Morgan fingerprint density at radius 3 is 2.54 bits per heavy atom. The minimum atomic E-state index is -0.190. The van der Waals surface area contributed by atoms with E-state index >= 15 is 0 Å². The summed E-state index contributed by atoms with van der Waals surface area (Å²) < 4.78 is 12.3. The van der Waals surface area contributed by atoms with Crippen LogP contribution in [0.15, 0.2) is 63.5 Å². The smallest absolute Gasteiger partial charge is 0.258 e. The first-order chi connectivity index (χ1) is 12.5. The average Bonchev–Trinajstić information content (AvgIpc) is 3.10. The summed E-state index contributed by atoms with van der Waals surface area (Å²) in [5.41, 5.74) is 3.32. The number of aryl methyl sites for hydroxylation is 2. The molecule has 0 bridgehead atoms. The van der Waals surface area contributed by atoms with Crippen molar-refractivity contribution in [1.82, 2.24) is 5.32 Å². The van der Waals surface area contributed by atoms with E-state index in [1.54, 1.807) is 0 Å². The van der Waals surface area contributed by atoms with Gasteiger partial charge in [0.25, 0.3) is 5.91 Å². The van der Waals surface area contributed by atoms with Crippen molar-refractivity contribution >= 4 is 21.8 Å². The third kappa shape index (κ3) is 4.76. The molecule has 134 valence electrons. The third-order valence-electron chi connectivity index (χ3n) is 4.10. The molecule has 0 aliphatic heterocycles. The Kier molecular flexibility index (Phi) is 5.78. The number of rotatable bonds is 6. The Balaban J connectivity index is 1.50. The first-order valence-corrected chi connectivity index (χ1v) is 9.12. The lowest BCUT2D eigenvalue weighted by atomic mass is 10.1. The van der Waals surface area contributed by atoms with Gasteiger partial charge in [-0.1, -0.05) is 34.1 Å². The molecule has 1 amide bonds. The number of carbonyl (C=O) groups excluding carboxylic acids is 1. The Bertz CT molecular complexity index is 900. The van der Waals surface area contributed by atoms with E-state index in [1.807, 2.05) is 68.4 Å². The molecule has 0 unspecified atom stereocenters. The predicted octanol–water partition coefficient (Wildman–Crippen LogP) is 5.02. The second-order valence-electron chi connectivity index (χ2n) is 6.08. The van der Waals surface area contributed by atoms with E-state index in [0.717, 1.165) is 21.4 Å². The summed E-state index contributed by atoms with van der Waals surface area (Å²) in [5, 5.41) is 2.80. The molecule has 0 saturated heterocycles. The quantitative estimate of drug-likeness (QED) is 0.616. The molecule has 5 heteroatoms. The number of hydrogen-bond donors (Lipinski definition) is 1. The molecule has 1 heterocycles. The summed E-state index contributed by atoms with van der Waals surface area (Å²) >= 11 is 3.41. The number of halogens is 1. The average molecular weight is 414 g/mol. The number of ether oxygens (including phenoxy) is 1. The van der Waals surface area contributed by atoms with Crippen LogP contribution in [0.1, 0.15) is 16.9 Å². The van der Waals surface area contributed by atoms with Crippen molar-refractivity contribution in [2.75, 3.05) is 6.61 Å². The molecule has 0 atom stereocenters. The fourth-order valence-corrected chi connectivity index (χ4v) is 2.70. The van der Waals surface area contributed by atoms with Gasteiger partial charge in [-0.2, -0.15) is 0 Å². The lowest BCUT2D eigenvalue weighted by Gasteiger charge is -2.08. The summed E-state index contributed by atoms with van der Waals surface area (Å²) in [5.74, 6) is 1.97. The molecule has 3 rings (SSSR count). The van der Waals surface area contributed by atoms with Gasteiger partial charge in [0.05, 0.1) is 6.54 Å². The van der Waals surface area contributed by atoms with Crippen LogP contribution in [0, 0.1) is 13.8 Å². The number of hydrogen-bond acceptors (Lipinski definition) is 3. The highest BCUT2D eigenvalue weighted by Gasteiger charge is 2.08. The van der Waals surface area contributed by atoms with E-state index in [-0.39, 0.29) is 12.5 Å². The van der Waals surface area contributed by atoms with Gasteiger partial charge in [0.15, 0.2) is 6.61 Å². The van der Waals surface area contributed by atoms with E-state index in [2.05, 4.69) is 21.2 Å². The van der Waals surface area contributed by atoms with Crippen LogP contribution in [0.2, 0.25) is 0 Å². The molecule has 0 radical (unpaired) electrons. The van der Waals surface area contributed by atoms with E-state index in [0.29, 0.717) is 18.1 Å². The fourth-order valence-electron chi connectivity index (χ4n) is 2.43. The van der Waals surface area contributed by atoms with E-state index in [9.17, 15) is 4.79 Å². The maximum atomic E-state index is 12.0. The van der Waals surface area contributed by atoms with Crippen LogP contribution in [0.4, 0.5) is 0 Å². The summed E-state index contributed by atoms with van der Waals surface area (Å²) in [4.78, 5) is 12.0. The van der Waals surface area contributed by atoms with Crippen molar-refractivity contribution < 1.29 is 13.9 Å². The molecule has 4 nitrogen and oxygen atoms in total. The monoisotopic (exact) mass is 413 g/mol. The molecular weight excluding hydrogens is 394 g/mol. The van der Waals surface area contributed by atoms with Crippen LogP contribution in [0.5, 0.6) is 5.75 Å².